The zero-order chi connectivity index (χ0) is 8.81. The summed E-state index contributed by atoms with van der Waals surface area (Å²) in [4.78, 5) is 14.0. The van der Waals surface area contributed by atoms with Crippen LogP contribution < -0.4 is 0 Å². The minimum absolute atomic E-state index is 0.396. The Kier molecular flexibility index (Phi) is 3.48. The second-order valence-corrected chi connectivity index (χ2v) is 2.58. The molecule has 1 rings (SSSR count). The van der Waals surface area contributed by atoms with E-state index in [9.17, 15) is 4.79 Å². The number of aromatic nitrogens is 1. The number of hydrogen-bond acceptors (Lipinski definition) is 2. The molecule has 0 aliphatic rings. The molecule has 0 aliphatic carbocycles. The molecule has 2 nitrogen and oxygen atoms in total. The highest BCUT2D eigenvalue weighted by molar-refractivity contribution is 6.31. The average molecular weight is 182 g/mol. The van der Waals surface area contributed by atoms with Gasteiger partial charge >= 0.3 is 0 Å². The summed E-state index contributed by atoms with van der Waals surface area (Å²) in [6.45, 7) is 0. The number of carbonyl (C=O) groups excluding carboxylic acids is 1. The van der Waals surface area contributed by atoms with Crippen molar-refractivity contribution in [1.82, 2.24) is 4.98 Å². The van der Waals surface area contributed by atoms with Crippen LogP contribution in [0.3, 0.4) is 0 Å². The van der Waals surface area contributed by atoms with Gasteiger partial charge in [0, 0.05) is 12.6 Å². The number of allylic oxidation sites excluding steroid dienone is 1. The number of rotatable bonds is 3. The summed E-state index contributed by atoms with van der Waals surface area (Å²) in [7, 11) is 0. The maximum absolute atomic E-state index is 9.98. The fourth-order valence-electron chi connectivity index (χ4n) is 0.756. The Balaban J connectivity index is 2.74. The Morgan fingerprint density at radius 1 is 1.58 bits per heavy atom. The molecule has 0 aliphatic heterocycles. The van der Waals surface area contributed by atoms with Gasteiger partial charge in [-0.1, -0.05) is 17.7 Å². The van der Waals surface area contributed by atoms with Crippen LogP contribution in [0.5, 0.6) is 0 Å². The van der Waals surface area contributed by atoms with E-state index in [1.165, 1.54) is 0 Å². The molecule has 0 radical (unpaired) electrons. The fourth-order valence-corrected chi connectivity index (χ4v) is 0.940. The minimum Gasteiger partial charge on any atom is -0.303 e. The summed E-state index contributed by atoms with van der Waals surface area (Å²) < 4.78 is 0. The SMILES string of the molecule is O=CCC=Cc1ncccc1Cl. The Bertz CT molecular complexity index is 296. The van der Waals surface area contributed by atoms with Crippen molar-refractivity contribution in [2.75, 3.05) is 0 Å². The first-order chi connectivity index (χ1) is 5.84. The van der Waals surface area contributed by atoms with Crippen molar-refractivity contribution < 1.29 is 4.79 Å². The van der Waals surface area contributed by atoms with Gasteiger partial charge in [0.2, 0.25) is 0 Å². The summed E-state index contributed by atoms with van der Waals surface area (Å²) >= 11 is 5.80. The van der Waals surface area contributed by atoms with Crippen LogP contribution in [0.15, 0.2) is 24.4 Å². The topological polar surface area (TPSA) is 30.0 Å². The second-order valence-electron chi connectivity index (χ2n) is 2.18. The fraction of sp³-hybridized carbons (Fsp3) is 0.111. The molecule has 0 atom stereocenters. The van der Waals surface area contributed by atoms with Gasteiger partial charge in [0.1, 0.15) is 6.29 Å². The van der Waals surface area contributed by atoms with E-state index in [2.05, 4.69) is 4.98 Å². The quantitative estimate of drug-likeness (QED) is 0.670. The summed E-state index contributed by atoms with van der Waals surface area (Å²) in [6.07, 6.45) is 6.34. The van der Waals surface area contributed by atoms with Crippen molar-refractivity contribution in [2.24, 2.45) is 0 Å². The smallest absolute Gasteiger partial charge is 0.123 e. The van der Waals surface area contributed by atoms with Crippen LogP contribution in [0.4, 0.5) is 0 Å². The molecule has 0 unspecified atom stereocenters. The van der Waals surface area contributed by atoms with Crippen LogP contribution in [-0.4, -0.2) is 11.3 Å². The molecule has 0 saturated carbocycles. The molecular formula is C9H8ClNO. The van der Waals surface area contributed by atoms with Crippen molar-refractivity contribution in [3.8, 4) is 0 Å². The lowest BCUT2D eigenvalue weighted by Gasteiger charge is -1.93. The van der Waals surface area contributed by atoms with Gasteiger partial charge in [0.15, 0.2) is 0 Å². The third-order valence-electron chi connectivity index (χ3n) is 1.29. The van der Waals surface area contributed by atoms with Crippen LogP contribution in [0.1, 0.15) is 12.1 Å². The molecular weight excluding hydrogens is 174 g/mol. The first-order valence-electron chi connectivity index (χ1n) is 3.55. The maximum atomic E-state index is 9.98. The molecule has 0 fully saturated rings. The van der Waals surface area contributed by atoms with Gasteiger partial charge in [-0.25, -0.2) is 0 Å². The van der Waals surface area contributed by atoms with E-state index in [1.54, 1.807) is 30.5 Å². The largest absolute Gasteiger partial charge is 0.303 e. The Labute approximate surface area is 75.9 Å². The van der Waals surface area contributed by atoms with E-state index in [0.29, 0.717) is 17.1 Å². The van der Waals surface area contributed by atoms with Crippen molar-refractivity contribution in [2.45, 2.75) is 6.42 Å². The summed E-state index contributed by atoms with van der Waals surface area (Å²) in [6, 6.07) is 3.52. The lowest BCUT2D eigenvalue weighted by atomic mass is 10.3. The highest BCUT2D eigenvalue weighted by Crippen LogP contribution is 2.13. The van der Waals surface area contributed by atoms with Gasteiger partial charge < -0.3 is 4.79 Å². The summed E-state index contributed by atoms with van der Waals surface area (Å²) in [5, 5.41) is 0.597. The summed E-state index contributed by atoms with van der Waals surface area (Å²) in [5.41, 5.74) is 0.695. The van der Waals surface area contributed by atoms with Crippen LogP contribution in [0.25, 0.3) is 6.08 Å². The molecule has 1 aromatic heterocycles. The summed E-state index contributed by atoms with van der Waals surface area (Å²) in [5.74, 6) is 0. The third kappa shape index (κ3) is 2.47. The highest BCUT2D eigenvalue weighted by atomic mass is 35.5. The Hall–Kier alpha value is -1.15. The molecule has 0 spiro atoms. The molecule has 0 N–H and O–H groups in total. The molecule has 1 aromatic rings. The van der Waals surface area contributed by atoms with Crippen molar-refractivity contribution in [3.63, 3.8) is 0 Å². The number of aldehydes is 1. The first kappa shape index (κ1) is 8.94. The van der Waals surface area contributed by atoms with Crippen molar-refractivity contribution in [3.05, 3.63) is 35.1 Å². The molecule has 62 valence electrons. The van der Waals surface area contributed by atoms with E-state index >= 15 is 0 Å². The number of pyridine rings is 1. The second kappa shape index (κ2) is 4.67. The number of halogens is 1. The lowest BCUT2D eigenvalue weighted by molar-refractivity contribution is -0.107. The normalized spacial score (nSPS) is 10.4. The monoisotopic (exact) mass is 181 g/mol. The molecule has 3 heteroatoms. The van der Waals surface area contributed by atoms with E-state index < -0.39 is 0 Å². The zero-order valence-electron chi connectivity index (χ0n) is 6.40. The number of nitrogens with zero attached hydrogens (tertiary/aromatic N) is 1. The Morgan fingerprint density at radius 3 is 3.08 bits per heavy atom. The number of carbonyl (C=O) groups is 1. The predicted octanol–water partition coefficient (Wildman–Crippen LogP) is 2.34. The molecule has 0 saturated heterocycles. The first-order valence-corrected chi connectivity index (χ1v) is 3.93. The molecule has 0 bridgehead atoms. The maximum Gasteiger partial charge on any atom is 0.123 e. The lowest BCUT2D eigenvalue weighted by Crippen LogP contribution is -1.79. The van der Waals surface area contributed by atoms with Gasteiger partial charge in [-0.2, -0.15) is 0 Å². The number of hydrogen-bond donors (Lipinski definition) is 0. The van der Waals surface area contributed by atoms with Crippen LogP contribution in [-0.2, 0) is 4.79 Å². The molecule has 0 aromatic carbocycles. The average Bonchev–Trinajstić information content (AvgIpc) is 2.09. The molecule has 1 heterocycles. The van der Waals surface area contributed by atoms with Gasteiger partial charge in [-0.05, 0) is 18.2 Å². The molecule has 12 heavy (non-hydrogen) atoms. The van der Waals surface area contributed by atoms with Crippen molar-refractivity contribution >= 4 is 24.0 Å². The van der Waals surface area contributed by atoms with Crippen molar-refractivity contribution in [1.29, 1.82) is 0 Å². The van der Waals surface area contributed by atoms with E-state index in [1.807, 2.05) is 0 Å². The van der Waals surface area contributed by atoms with E-state index in [0.717, 1.165) is 6.29 Å². The van der Waals surface area contributed by atoms with Gasteiger partial charge in [0.25, 0.3) is 0 Å². The predicted molar refractivity (Wildman–Crippen MR) is 49.0 cm³/mol. The van der Waals surface area contributed by atoms with Gasteiger partial charge in [-0.3, -0.25) is 4.98 Å². The third-order valence-corrected chi connectivity index (χ3v) is 1.61. The van der Waals surface area contributed by atoms with Gasteiger partial charge in [-0.15, -0.1) is 0 Å². The van der Waals surface area contributed by atoms with Crippen LogP contribution in [0.2, 0.25) is 5.02 Å². The van der Waals surface area contributed by atoms with Crippen LogP contribution in [0, 0.1) is 0 Å². The molecule has 0 amide bonds. The Morgan fingerprint density at radius 2 is 2.42 bits per heavy atom. The van der Waals surface area contributed by atoms with Gasteiger partial charge in [0.05, 0.1) is 10.7 Å². The minimum atomic E-state index is 0.396. The van der Waals surface area contributed by atoms with E-state index in [4.69, 9.17) is 11.6 Å². The zero-order valence-corrected chi connectivity index (χ0v) is 7.16. The van der Waals surface area contributed by atoms with E-state index in [-0.39, 0.29) is 0 Å². The van der Waals surface area contributed by atoms with Crippen LogP contribution >= 0.6 is 11.6 Å². The standard InChI is InChI=1S/C9H8ClNO/c10-8-4-3-6-11-9(8)5-1-2-7-12/h1,3-7H,2H2. The highest BCUT2D eigenvalue weighted by Gasteiger charge is 1.93.